The number of thiazole rings is 1. The van der Waals surface area contributed by atoms with E-state index < -0.39 is 10.0 Å². The summed E-state index contributed by atoms with van der Waals surface area (Å²) in [6, 6.07) is 11.0. The van der Waals surface area contributed by atoms with Crippen molar-refractivity contribution in [1.82, 2.24) is 9.29 Å². The summed E-state index contributed by atoms with van der Waals surface area (Å²) in [5, 5.41) is 3.51. The number of sulfonamides is 1. The molecule has 0 radical (unpaired) electrons. The average Bonchev–Trinajstić information content (AvgIpc) is 3.21. The van der Waals surface area contributed by atoms with E-state index in [1.54, 1.807) is 18.3 Å². The van der Waals surface area contributed by atoms with E-state index in [-0.39, 0.29) is 9.92 Å². The average molecular weight is 547 g/mol. The number of aromatic nitrogens is 1. The fourth-order valence-electron chi connectivity index (χ4n) is 3.28. The zero-order valence-corrected chi connectivity index (χ0v) is 20.7. The van der Waals surface area contributed by atoms with E-state index in [0.717, 1.165) is 20.9 Å². The maximum absolute atomic E-state index is 13.1. The lowest BCUT2D eigenvalue weighted by atomic mass is 10.2. The number of hydrogen-bond acceptors (Lipinski definition) is 5. The highest BCUT2D eigenvalue weighted by Crippen LogP contribution is 2.32. The second-order valence-corrected chi connectivity index (χ2v) is 11.4. The predicted octanol–water partition coefficient (Wildman–Crippen LogP) is 5.70. The third-order valence-electron chi connectivity index (χ3n) is 4.95. The largest absolute Gasteiger partial charge is 0.345 e. The van der Waals surface area contributed by atoms with E-state index in [9.17, 15) is 8.42 Å². The minimum absolute atomic E-state index is 0.103. The number of piperazine rings is 1. The predicted molar refractivity (Wildman–Crippen MR) is 127 cm³/mol. The van der Waals surface area contributed by atoms with Gasteiger partial charge in [-0.2, -0.15) is 4.31 Å². The van der Waals surface area contributed by atoms with Crippen LogP contribution in [-0.2, 0) is 10.0 Å². The molecular formula is C20H18BrCl2N3O2S2. The Morgan fingerprint density at radius 1 is 1.07 bits per heavy atom. The topological polar surface area (TPSA) is 53.5 Å². The fraction of sp³-hybridized carbons (Fsp3) is 0.250. The van der Waals surface area contributed by atoms with Crippen molar-refractivity contribution in [3.8, 4) is 11.3 Å². The Kier molecular flexibility index (Phi) is 6.44. The van der Waals surface area contributed by atoms with E-state index in [0.29, 0.717) is 36.8 Å². The molecule has 1 aliphatic heterocycles. The summed E-state index contributed by atoms with van der Waals surface area (Å²) >= 11 is 17.3. The van der Waals surface area contributed by atoms with Crippen LogP contribution in [0.2, 0.25) is 10.0 Å². The van der Waals surface area contributed by atoms with Crippen LogP contribution in [0.1, 0.15) is 5.56 Å². The monoisotopic (exact) mass is 545 g/mol. The minimum Gasteiger partial charge on any atom is -0.345 e. The standard InChI is InChI=1S/C20H18BrCl2N3O2S2/c1-13-9-19(17(23)11-16(13)22)30(27,28)26-7-5-25(6-8-26)20-24-18(12-29-20)14-3-2-4-15(21)10-14/h2-4,9-12H,5-8H2,1H3. The Balaban J connectivity index is 1.48. The van der Waals surface area contributed by atoms with Crippen LogP contribution in [0.5, 0.6) is 0 Å². The quantitative estimate of drug-likeness (QED) is 0.421. The molecule has 2 aromatic carbocycles. The van der Waals surface area contributed by atoms with Crippen molar-refractivity contribution in [3.63, 3.8) is 0 Å². The summed E-state index contributed by atoms with van der Waals surface area (Å²) in [5.74, 6) is 0. The van der Waals surface area contributed by atoms with Gasteiger partial charge in [-0.3, -0.25) is 0 Å². The molecule has 0 aliphatic carbocycles. The van der Waals surface area contributed by atoms with Crippen molar-refractivity contribution in [2.24, 2.45) is 0 Å². The minimum atomic E-state index is -3.69. The van der Waals surface area contributed by atoms with Crippen LogP contribution in [0.3, 0.4) is 0 Å². The second-order valence-electron chi connectivity index (χ2n) is 6.95. The summed E-state index contributed by atoms with van der Waals surface area (Å²) in [6.07, 6.45) is 0. The highest BCUT2D eigenvalue weighted by molar-refractivity contribution is 9.10. The number of halogens is 3. The first kappa shape index (κ1) is 22.0. The Hall–Kier alpha value is -1.16. The van der Waals surface area contributed by atoms with Crippen LogP contribution < -0.4 is 4.90 Å². The van der Waals surface area contributed by atoms with Crippen LogP contribution in [0, 0.1) is 6.92 Å². The van der Waals surface area contributed by atoms with Gasteiger partial charge in [0.05, 0.1) is 10.7 Å². The SMILES string of the molecule is Cc1cc(S(=O)(=O)N2CCN(c3nc(-c4cccc(Br)c4)cs3)CC2)c(Cl)cc1Cl. The van der Waals surface area contributed by atoms with Crippen LogP contribution in [-0.4, -0.2) is 43.9 Å². The fourth-order valence-corrected chi connectivity index (χ4v) is 6.79. The van der Waals surface area contributed by atoms with Crippen molar-refractivity contribution < 1.29 is 8.42 Å². The maximum atomic E-state index is 13.1. The highest BCUT2D eigenvalue weighted by Gasteiger charge is 2.31. The van der Waals surface area contributed by atoms with E-state index in [1.165, 1.54) is 16.4 Å². The van der Waals surface area contributed by atoms with Crippen molar-refractivity contribution in [2.75, 3.05) is 31.1 Å². The molecule has 2 heterocycles. The number of hydrogen-bond donors (Lipinski definition) is 0. The van der Waals surface area contributed by atoms with Crippen LogP contribution >= 0.6 is 50.5 Å². The lowest BCUT2D eigenvalue weighted by Gasteiger charge is -2.34. The van der Waals surface area contributed by atoms with Crippen molar-refractivity contribution >= 4 is 65.6 Å². The highest BCUT2D eigenvalue weighted by atomic mass is 79.9. The van der Waals surface area contributed by atoms with Gasteiger partial charge in [-0.1, -0.05) is 51.3 Å². The van der Waals surface area contributed by atoms with Gasteiger partial charge in [-0.25, -0.2) is 13.4 Å². The lowest BCUT2D eigenvalue weighted by molar-refractivity contribution is 0.385. The first-order valence-corrected chi connectivity index (χ1v) is 13.0. The van der Waals surface area contributed by atoms with E-state index in [1.807, 2.05) is 29.6 Å². The molecule has 4 rings (SSSR count). The molecule has 5 nitrogen and oxygen atoms in total. The molecule has 1 aromatic heterocycles. The van der Waals surface area contributed by atoms with Gasteiger partial charge >= 0.3 is 0 Å². The number of rotatable bonds is 4. The van der Waals surface area contributed by atoms with Crippen LogP contribution in [0.15, 0.2) is 51.1 Å². The Morgan fingerprint density at radius 3 is 2.50 bits per heavy atom. The number of benzene rings is 2. The van der Waals surface area contributed by atoms with Gasteiger partial charge in [0.25, 0.3) is 0 Å². The first-order chi connectivity index (χ1) is 14.3. The number of nitrogens with zero attached hydrogens (tertiary/aromatic N) is 3. The van der Waals surface area contributed by atoms with Crippen molar-refractivity contribution in [3.05, 3.63) is 61.9 Å². The van der Waals surface area contributed by atoms with Gasteiger partial charge < -0.3 is 4.90 Å². The Labute approximate surface area is 198 Å². The summed E-state index contributed by atoms with van der Waals surface area (Å²) < 4.78 is 28.7. The smallest absolute Gasteiger partial charge is 0.244 e. The van der Waals surface area contributed by atoms with E-state index in [2.05, 4.69) is 20.8 Å². The molecule has 0 atom stereocenters. The first-order valence-electron chi connectivity index (χ1n) is 9.18. The summed E-state index contributed by atoms with van der Waals surface area (Å²) in [7, 11) is -3.69. The van der Waals surface area contributed by atoms with E-state index in [4.69, 9.17) is 28.2 Å². The number of anilines is 1. The molecule has 3 aromatic rings. The Morgan fingerprint density at radius 2 is 1.80 bits per heavy atom. The molecule has 0 unspecified atom stereocenters. The summed E-state index contributed by atoms with van der Waals surface area (Å²) in [5.41, 5.74) is 2.64. The molecule has 0 amide bonds. The molecule has 0 saturated carbocycles. The zero-order chi connectivity index (χ0) is 21.5. The summed E-state index contributed by atoms with van der Waals surface area (Å²) in [4.78, 5) is 6.97. The van der Waals surface area contributed by atoms with Gasteiger partial charge in [0.15, 0.2) is 5.13 Å². The molecule has 30 heavy (non-hydrogen) atoms. The zero-order valence-electron chi connectivity index (χ0n) is 16.0. The van der Waals surface area contributed by atoms with Gasteiger partial charge in [0, 0.05) is 46.6 Å². The lowest BCUT2D eigenvalue weighted by Crippen LogP contribution is -2.48. The summed E-state index contributed by atoms with van der Waals surface area (Å²) in [6.45, 7) is 3.63. The number of aryl methyl sites for hydroxylation is 1. The van der Waals surface area contributed by atoms with Crippen molar-refractivity contribution in [1.29, 1.82) is 0 Å². The Bertz CT molecular complexity index is 1190. The third-order valence-corrected chi connectivity index (χ3v) is 9.12. The molecule has 1 fully saturated rings. The van der Waals surface area contributed by atoms with Crippen LogP contribution in [0.25, 0.3) is 11.3 Å². The molecule has 1 aliphatic rings. The van der Waals surface area contributed by atoms with Crippen molar-refractivity contribution in [2.45, 2.75) is 11.8 Å². The maximum Gasteiger partial charge on any atom is 0.244 e. The molecule has 1 saturated heterocycles. The molecular weight excluding hydrogens is 529 g/mol. The molecule has 158 valence electrons. The van der Waals surface area contributed by atoms with Gasteiger partial charge in [0.1, 0.15) is 4.90 Å². The molecule has 0 bridgehead atoms. The molecule has 0 N–H and O–H groups in total. The molecule has 10 heteroatoms. The van der Waals surface area contributed by atoms with Gasteiger partial charge in [-0.05, 0) is 36.8 Å². The molecule has 0 spiro atoms. The second kappa shape index (κ2) is 8.76. The normalized spacial score (nSPS) is 15.5. The van der Waals surface area contributed by atoms with E-state index >= 15 is 0 Å². The van der Waals surface area contributed by atoms with Gasteiger partial charge in [-0.15, -0.1) is 11.3 Å². The van der Waals surface area contributed by atoms with Crippen LogP contribution in [0.4, 0.5) is 5.13 Å². The van der Waals surface area contributed by atoms with Gasteiger partial charge in [0.2, 0.25) is 10.0 Å². The third kappa shape index (κ3) is 4.40.